The molecule has 1 aromatic heterocycles. The number of likely N-dealkylation sites (N-methyl/N-ethyl adjacent to an activating group) is 1. The lowest BCUT2D eigenvalue weighted by Gasteiger charge is -2.17. The second-order valence-electron chi connectivity index (χ2n) is 4.87. The molecule has 0 radical (unpaired) electrons. The van der Waals surface area contributed by atoms with Crippen molar-refractivity contribution in [3.05, 3.63) is 40.3 Å². The third kappa shape index (κ3) is 3.35. The van der Waals surface area contributed by atoms with Crippen molar-refractivity contribution >= 4 is 22.6 Å². The summed E-state index contributed by atoms with van der Waals surface area (Å²) in [5.41, 5.74) is -0.958. The molecule has 0 aliphatic carbocycles. The number of amides is 1. The highest BCUT2D eigenvalue weighted by Gasteiger charge is 2.15. The van der Waals surface area contributed by atoms with Crippen LogP contribution in [0.15, 0.2) is 29.1 Å². The van der Waals surface area contributed by atoms with E-state index in [0.29, 0.717) is 0 Å². The molecule has 0 saturated heterocycles. The molecule has 1 heterocycles. The van der Waals surface area contributed by atoms with Crippen molar-refractivity contribution in [2.24, 2.45) is 0 Å². The number of carbonyl (C=O) groups is 2. The maximum atomic E-state index is 12.3. The number of carbonyl (C=O) groups excluding carboxylic acids is 2. The third-order valence-corrected chi connectivity index (χ3v) is 3.33. The summed E-state index contributed by atoms with van der Waals surface area (Å²) in [5, 5.41) is 23.8. The van der Waals surface area contributed by atoms with Crippen molar-refractivity contribution in [2.75, 3.05) is 13.6 Å². The lowest BCUT2D eigenvalue weighted by Crippen LogP contribution is -2.37. The molecule has 0 aliphatic heterocycles. The van der Waals surface area contributed by atoms with E-state index in [2.05, 4.69) is 5.10 Å². The van der Waals surface area contributed by atoms with Gasteiger partial charge in [0.25, 0.3) is 5.56 Å². The molecular weight excluding hydrogens is 300 g/mol. The Morgan fingerprint density at radius 3 is 2.61 bits per heavy atom. The first-order valence-electron chi connectivity index (χ1n) is 6.78. The topological polar surface area (TPSA) is 119 Å². The summed E-state index contributed by atoms with van der Waals surface area (Å²) < 4.78 is 0.804. The van der Waals surface area contributed by atoms with E-state index in [4.69, 9.17) is 5.26 Å². The van der Waals surface area contributed by atoms with Crippen LogP contribution >= 0.6 is 0 Å². The number of nitrogens with zero attached hydrogens (tertiary/aromatic N) is 4. The molecule has 0 aliphatic rings. The van der Waals surface area contributed by atoms with Crippen LogP contribution in [-0.2, 0) is 11.3 Å². The number of carboxylic acids is 1. The van der Waals surface area contributed by atoms with E-state index in [0.717, 1.165) is 4.68 Å². The van der Waals surface area contributed by atoms with Crippen LogP contribution in [0.5, 0.6) is 0 Å². The molecule has 0 bridgehead atoms. The molecule has 8 nitrogen and oxygen atoms in total. The average Bonchev–Trinajstić information content (AvgIpc) is 2.54. The van der Waals surface area contributed by atoms with Crippen molar-refractivity contribution in [2.45, 2.75) is 13.0 Å². The Labute approximate surface area is 131 Å². The van der Waals surface area contributed by atoms with Crippen LogP contribution in [-0.4, -0.2) is 40.1 Å². The second kappa shape index (κ2) is 6.70. The maximum absolute atomic E-state index is 12.3. The minimum atomic E-state index is -1.53. The predicted octanol–water partition coefficient (Wildman–Crippen LogP) is -0.868. The highest BCUT2D eigenvalue weighted by Crippen LogP contribution is 2.12. The smallest absolute Gasteiger partial charge is 0.275 e. The SMILES string of the molecule is CN(CCC#N)C(=O)Cn1nc(C(=O)[O-])c2ccccc2c1=O. The predicted molar refractivity (Wildman–Crippen MR) is 78.2 cm³/mol. The second-order valence-corrected chi connectivity index (χ2v) is 4.87. The van der Waals surface area contributed by atoms with E-state index in [1.807, 2.05) is 6.07 Å². The highest BCUT2D eigenvalue weighted by molar-refractivity contribution is 6.00. The van der Waals surface area contributed by atoms with E-state index in [1.54, 1.807) is 12.1 Å². The minimum absolute atomic E-state index is 0.147. The van der Waals surface area contributed by atoms with Crippen molar-refractivity contribution < 1.29 is 14.7 Å². The zero-order valence-corrected chi connectivity index (χ0v) is 12.4. The largest absolute Gasteiger partial charge is 0.543 e. The fourth-order valence-corrected chi connectivity index (χ4v) is 2.08. The van der Waals surface area contributed by atoms with Crippen molar-refractivity contribution in [3.8, 4) is 6.07 Å². The van der Waals surface area contributed by atoms with E-state index in [9.17, 15) is 19.5 Å². The number of rotatable bonds is 5. The van der Waals surface area contributed by atoms with Gasteiger partial charge in [-0.3, -0.25) is 9.59 Å². The van der Waals surface area contributed by atoms with E-state index in [-0.39, 0.29) is 23.7 Å². The quantitative estimate of drug-likeness (QED) is 0.708. The van der Waals surface area contributed by atoms with Crippen LogP contribution in [0.1, 0.15) is 16.9 Å². The van der Waals surface area contributed by atoms with Gasteiger partial charge in [0.15, 0.2) is 0 Å². The van der Waals surface area contributed by atoms with Crippen LogP contribution in [0.2, 0.25) is 0 Å². The van der Waals surface area contributed by atoms with Gasteiger partial charge in [0.1, 0.15) is 12.2 Å². The number of fused-ring (bicyclic) bond motifs is 1. The lowest BCUT2D eigenvalue weighted by atomic mass is 10.1. The van der Waals surface area contributed by atoms with Gasteiger partial charge in [-0.2, -0.15) is 10.4 Å². The average molecular weight is 313 g/mol. The first kappa shape index (κ1) is 16.2. The summed E-state index contributed by atoms with van der Waals surface area (Å²) in [6, 6.07) is 8.01. The molecule has 0 saturated carbocycles. The Kier molecular flexibility index (Phi) is 4.71. The van der Waals surface area contributed by atoms with Crippen LogP contribution in [0.4, 0.5) is 0 Å². The third-order valence-electron chi connectivity index (χ3n) is 3.33. The minimum Gasteiger partial charge on any atom is -0.543 e. The molecule has 23 heavy (non-hydrogen) atoms. The molecule has 0 N–H and O–H groups in total. The fraction of sp³-hybridized carbons (Fsp3) is 0.267. The van der Waals surface area contributed by atoms with Crippen LogP contribution in [0.3, 0.4) is 0 Å². The van der Waals surface area contributed by atoms with Gasteiger partial charge in [0, 0.05) is 19.0 Å². The summed E-state index contributed by atoms with van der Waals surface area (Å²) in [6.45, 7) is -0.198. The Balaban J connectivity index is 2.44. The molecule has 118 valence electrons. The molecule has 0 fully saturated rings. The number of carboxylic acid groups (broad SMARTS) is 1. The van der Waals surface area contributed by atoms with E-state index in [1.165, 1.54) is 24.1 Å². The van der Waals surface area contributed by atoms with Gasteiger partial charge >= 0.3 is 0 Å². The number of hydrogen-bond donors (Lipinski definition) is 0. The standard InChI is InChI=1S/C15H14N4O4/c1-18(8-4-7-16)12(20)9-19-14(21)11-6-3-2-5-10(11)13(17-19)15(22)23/h2-3,5-6H,4,8-9H2,1H3,(H,22,23)/p-1. The van der Waals surface area contributed by atoms with E-state index < -0.39 is 29.7 Å². The Hall–Kier alpha value is -3.21. The molecular formula is C15H13N4O4-. The van der Waals surface area contributed by atoms with Crippen molar-refractivity contribution in [1.29, 1.82) is 5.26 Å². The number of aromatic nitrogens is 2. The molecule has 0 atom stereocenters. The molecule has 1 amide bonds. The number of nitriles is 1. The Morgan fingerprint density at radius 1 is 1.35 bits per heavy atom. The maximum Gasteiger partial charge on any atom is 0.275 e. The number of aromatic carboxylic acids is 1. The van der Waals surface area contributed by atoms with Crippen LogP contribution in [0.25, 0.3) is 10.8 Å². The number of hydrogen-bond acceptors (Lipinski definition) is 6. The van der Waals surface area contributed by atoms with Crippen LogP contribution in [0, 0.1) is 11.3 Å². The Morgan fingerprint density at radius 2 is 2.00 bits per heavy atom. The zero-order chi connectivity index (χ0) is 17.0. The summed E-state index contributed by atoms with van der Waals surface area (Å²) in [7, 11) is 1.49. The highest BCUT2D eigenvalue weighted by atomic mass is 16.4. The summed E-state index contributed by atoms with van der Waals surface area (Å²) in [4.78, 5) is 36.9. The normalized spacial score (nSPS) is 10.3. The summed E-state index contributed by atoms with van der Waals surface area (Å²) in [5.74, 6) is -1.98. The first-order valence-corrected chi connectivity index (χ1v) is 6.78. The monoisotopic (exact) mass is 313 g/mol. The van der Waals surface area contributed by atoms with Gasteiger partial charge in [0.05, 0.1) is 23.8 Å². The van der Waals surface area contributed by atoms with Crippen molar-refractivity contribution in [1.82, 2.24) is 14.7 Å². The van der Waals surface area contributed by atoms with Gasteiger partial charge in [0.2, 0.25) is 5.91 Å². The van der Waals surface area contributed by atoms with Gasteiger partial charge in [-0.15, -0.1) is 0 Å². The zero-order valence-electron chi connectivity index (χ0n) is 12.4. The molecule has 8 heteroatoms. The van der Waals surface area contributed by atoms with Crippen molar-refractivity contribution in [3.63, 3.8) is 0 Å². The number of benzene rings is 1. The summed E-state index contributed by atoms with van der Waals surface area (Å²) >= 11 is 0. The molecule has 0 spiro atoms. The van der Waals surface area contributed by atoms with Gasteiger partial charge < -0.3 is 14.8 Å². The lowest BCUT2D eigenvalue weighted by molar-refractivity contribution is -0.255. The van der Waals surface area contributed by atoms with Gasteiger partial charge in [-0.05, 0) is 6.07 Å². The fourth-order valence-electron chi connectivity index (χ4n) is 2.08. The molecule has 1 aromatic carbocycles. The first-order chi connectivity index (χ1) is 11.0. The molecule has 2 rings (SSSR count). The van der Waals surface area contributed by atoms with Crippen LogP contribution < -0.4 is 10.7 Å². The Bertz CT molecular complexity index is 866. The van der Waals surface area contributed by atoms with E-state index >= 15 is 0 Å². The summed E-state index contributed by atoms with van der Waals surface area (Å²) in [6.07, 6.45) is 0.159. The van der Waals surface area contributed by atoms with Gasteiger partial charge in [-0.25, -0.2) is 4.68 Å². The molecule has 2 aromatic rings. The van der Waals surface area contributed by atoms with Gasteiger partial charge in [-0.1, -0.05) is 18.2 Å². The molecule has 0 unspecified atom stereocenters.